The number of benzene rings is 2. The minimum atomic E-state index is -1.04. The van der Waals surface area contributed by atoms with Crippen molar-refractivity contribution in [3.05, 3.63) is 42.0 Å². The number of rotatable bonds is 5. The number of carboxylic acid groups (broad SMARTS) is 1. The molecule has 0 saturated heterocycles. The molecule has 0 aliphatic heterocycles. The van der Waals surface area contributed by atoms with Gasteiger partial charge in [-0.15, -0.1) is 0 Å². The number of aromatic carboxylic acids is 1. The highest BCUT2D eigenvalue weighted by atomic mass is 16.5. The minimum absolute atomic E-state index is 0.117. The van der Waals surface area contributed by atoms with Crippen LogP contribution in [0.2, 0.25) is 0 Å². The number of hydrogen-bond acceptors (Lipinski definition) is 3. The molecule has 0 aliphatic rings. The number of carboxylic acids is 1. The number of hydrogen-bond donors (Lipinski definition) is 2. The lowest BCUT2D eigenvalue weighted by atomic mass is 10.1. The highest BCUT2D eigenvalue weighted by Crippen LogP contribution is 2.26. The SMILES string of the molecule is CC(=O)NCCOc1cc2ccccc2cc1C(=O)O. The molecule has 0 heterocycles. The van der Waals surface area contributed by atoms with Crippen molar-refractivity contribution in [1.29, 1.82) is 0 Å². The molecule has 0 saturated carbocycles. The molecular formula is C15H15NO4. The molecule has 5 nitrogen and oxygen atoms in total. The Bertz CT molecular complexity index is 651. The van der Waals surface area contributed by atoms with Crippen molar-refractivity contribution in [3.63, 3.8) is 0 Å². The maximum Gasteiger partial charge on any atom is 0.339 e. The summed E-state index contributed by atoms with van der Waals surface area (Å²) in [5.41, 5.74) is 0.117. The van der Waals surface area contributed by atoms with E-state index in [9.17, 15) is 14.7 Å². The molecule has 5 heteroatoms. The average Bonchev–Trinajstić information content (AvgIpc) is 2.42. The maximum atomic E-state index is 11.3. The summed E-state index contributed by atoms with van der Waals surface area (Å²) >= 11 is 0. The highest BCUT2D eigenvalue weighted by molar-refractivity contribution is 5.97. The van der Waals surface area contributed by atoms with E-state index in [0.717, 1.165) is 10.8 Å². The van der Waals surface area contributed by atoms with E-state index in [-0.39, 0.29) is 18.1 Å². The molecule has 0 aliphatic carbocycles. The molecule has 0 bridgehead atoms. The standard InChI is InChI=1S/C15H15NO4/c1-10(17)16-6-7-20-14-9-12-5-3-2-4-11(12)8-13(14)15(18)19/h2-5,8-9H,6-7H2,1H3,(H,16,17)(H,18,19). The summed E-state index contributed by atoms with van der Waals surface area (Å²) < 4.78 is 5.46. The molecule has 0 fully saturated rings. The number of carbonyl (C=O) groups excluding carboxylic acids is 1. The summed E-state index contributed by atoms with van der Waals surface area (Å²) in [4.78, 5) is 22.0. The number of amides is 1. The maximum absolute atomic E-state index is 11.3. The Morgan fingerprint density at radius 3 is 2.45 bits per heavy atom. The molecule has 104 valence electrons. The van der Waals surface area contributed by atoms with Gasteiger partial charge in [-0.25, -0.2) is 4.79 Å². The van der Waals surface area contributed by atoms with E-state index in [1.54, 1.807) is 12.1 Å². The minimum Gasteiger partial charge on any atom is -0.491 e. The first-order valence-electron chi connectivity index (χ1n) is 6.21. The lowest BCUT2D eigenvalue weighted by molar-refractivity contribution is -0.119. The summed E-state index contributed by atoms with van der Waals surface area (Å²) in [6.07, 6.45) is 0. The van der Waals surface area contributed by atoms with E-state index in [1.807, 2.05) is 24.3 Å². The van der Waals surface area contributed by atoms with Gasteiger partial charge >= 0.3 is 5.97 Å². The number of carbonyl (C=O) groups is 2. The Morgan fingerprint density at radius 1 is 1.20 bits per heavy atom. The first-order chi connectivity index (χ1) is 9.58. The second-order valence-corrected chi connectivity index (χ2v) is 4.33. The third kappa shape index (κ3) is 3.26. The van der Waals surface area contributed by atoms with Crippen LogP contribution < -0.4 is 10.1 Å². The van der Waals surface area contributed by atoms with Crippen molar-refractivity contribution in [1.82, 2.24) is 5.32 Å². The molecule has 0 atom stereocenters. The summed E-state index contributed by atoms with van der Waals surface area (Å²) in [6.45, 7) is 1.97. The summed E-state index contributed by atoms with van der Waals surface area (Å²) in [7, 11) is 0. The Balaban J connectivity index is 2.23. The van der Waals surface area contributed by atoms with Crippen molar-refractivity contribution in [3.8, 4) is 5.75 Å². The van der Waals surface area contributed by atoms with Gasteiger partial charge in [0.2, 0.25) is 5.91 Å². The molecule has 0 unspecified atom stereocenters. The monoisotopic (exact) mass is 273 g/mol. The largest absolute Gasteiger partial charge is 0.491 e. The highest BCUT2D eigenvalue weighted by Gasteiger charge is 2.12. The van der Waals surface area contributed by atoms with Gasteiger partial charge < -0.3 is 15.2 Å². The Kier molecular flexibility index (Phi) is 4.20. The smallest absolute Gasteiger partial charge is 0.339 e. The topological polar surface area (TPSA) is 75.6 Å². The molecule has 2 aromatic carbocycles. The first kappa shape index (κ1) is 13.9. The van der Waals surface area contributed by atoms with Gasteiger partial charge in [0.05, 0.1) is 6.54 Å². The third-order valence-corrected chi connectivity index (χ3v) is 2.81. The van der Waals surface area contributed by atoms with E-state index in [0.29, 0.717) is 12.3 Å². The molecular weight excluding hydrogens is 258 g/mol. The molecule has 2 rings (SSSR count). The fourth-order valence-corrected chi connectivity index (χ4v) is 1.89. The number of ether oxygens (including phenoxy) is 1. The zero-order chi connectivity index (χ0) is 14.5. The van der Waals surface area contributed by atoms with Crippen LogP contribution >= 0.6 is 0 Å². The summed E-state index contributed by atoms with van der Waals surface area (Å²) in [5, 5.41) is 13.6. The Hall–Kier alpha value is -2.56. The molecule has 2 N–H and O–H groups in total. The predicted molar refractivity (Wildman–Crippen MR) is 75.1 cm³/mol. The van der Waals surface area contributed by atoms with Crippen molar-refractivity contribution < 1.29 is 19.4 Å². The fourth-order valence-electron chi connectivity index (χ4n) is 1.89. The van der Waals surface area contributed by atoms with Gasteiger partial charge in [-0.3, -0.25) is 4.79 Å². The normalized spacial score (nSPS) is 10.2. The van der Waals surface area contributed by atoms with Gasteiger partial charge in [-0.05, 0) is 22.9 Å². The van der Waals surface area contributed by atoms with Crippen LogP contribution in [-0.2, 0) is 4.79 Å². The number of nitrogens with one attached hydrogen (secondary N) is 1. The summed E-state index contributed by atoms with van der Waals surface area (Å²) in [5.74, 6) is -0.877. The van der Waals surface area contributed by atoms with Gasteiger partial charge in [0.1, 0.15) is 17.9 Å². The Labute approximate surface area is 116 Å². The Morgan fingerprint density at radius 2 is 1.85 bits per heavy atom. The summed E-state index contributed by atoms with van der Waals surface area (Å²) in [6, 6.07) is 10.8. The molecule has 0 radical (unpaired) electrons. The number of fused-ring (bicyclic) bond motifs is 1. The van der Waals surface area contributed by atoms with Gasteiger partial charge in [-0.1, -0.05) is 24.3 Å². The van der Waals surface area contributed by atoms with E-state index in [2.05, 4.69) is 5.32 Å². The van der Waals surface area contributed by atoms with Gasteiger partial charge in [0.15, 0.2) is 0 Å². The quantitative estimate of drug-likeness (QED) is 0.817. The molecule has 0 aromatic heterocycles. The van der Waals surface area contributed by atoms with E-state index < -0.39 is 5.97 Å². The van der Waals surface area contributed by atoms with Crippen LogP contribution in [0.1, 0.15) is 17.3 Å². The third-order valence-electron chi connectivity index (χ3n) is 2.81. The lowest BCUT2D eigenvalue weighted by Gasteiger charge is -2.11. The van der Waals surface area contributed by atoms with Crippen LogP contribution in [0.25, 0.3) is 10.8 Å². The van der Waals surface area contributed by atoms with Crippen LogP contribution in [0.3, 0.4) is 0 Å². The van der Waals surface area contributed by atoms with E-state index >= 15 is 0 Å². The molecule has 20 heavy (non-hydrogen) atoms. The van der Waals surface area contributed by atoms with Crippen LogP contribution in [0.15, 0.2) is 36.4 Å². The van der Waals surface area contributed by atoms with Crippen molar-refractivity contribution >= 4 is 22.6 Å². The van der Waals surface area contributed by atoms with Crippen molar-refractivity contribution in [2.24, 2.45) is 0 Å². The van der Waals surface area contributed by atoms with Crippen LogP contribution in [-0.4, -0.2) is 30.1 Å². The molecule has 0 spiro atoms. The molecule has 1 amide bonds. The van der Waals surface area contributed by atoms with Crippen molar-refractivity contribution in [2.45, 2.75) is 6.92 Å². The average molecular weight is 273 g/mol. The van der Waals surface area contributed by atoms with Gasteiger partial charge in [0, 0.05) is 6.92 Å². The van der Waals surface area contributed by atoms with Crippen LogP contribution in [0.4, 0.5) is 0 Å². The zero-order valence-corrected chi connectivity index (χ0v) is 11.1. The van der Waals surface area contributed by atoms with E-state index in [4.69, 9.17) is 4.74 Å². The van der Waals surface area contributed by atoms with E-state index in [1.165, 1.54) is 6.92 Å². The van der Waals surface area contributed by atoms with Crippen LogP contribution in [0, 0.1) is 0 Å². The zero-order valence-electron chi connectivity index (χ0n) is 11.1. The fraction of sp³-hybridized carbons (Fsp3) is 0.200. The van der Waals surface area contributed by atoms with Gasteiger partial charge in [-0.2, -0.15) is 0 Å². The first-order valence-corrected chi connectivity index (χ1v) is 6.21. The lowest BCUT2D eigenvalue weighted by Crippen LogP contribution is -2.25. The van der Waals surface area contributed by atoms with Gasteiger partial charge in [0.25, 0.3) is 0 Å². The van der Waals surface area contributed by atoms with Crippen molar-refractivity contribution in [2.75, 3.05) is 13.2 Å². The second kappa shape index (κ2) is 6.06. The second-order valence-electron chi connectivity index (χ2n) is 4.33. The molecule has 2 aromatic rings. The van der Waals surface area contributed by atoms with Crippen LogP contribution in [0.5, 0.6) is 5.75 Å². The predicted octanol–water partition coefficient (Wildman–Crippen LogP) is 2.05.